The van der Waals surface area contributed by atoms with Crippen molar-refractivity contribution in [2.24, 2.45) is 7.05 Å². The minimum Gasteiger partial charge on any atom is -0.353 e. The minimum atomic E-state index is 0.547. The lowest BCUT2D eigenvalue weighted by molar-refractivity contribution is 0.464. The van der Waals surface area contributed by atoms with Gasteiger partial charge in [0.25, 0.3) is 0 Å². The van der Waals surface area contributed by atoms with Crippen LogP contribution in [0.2, 0.25) is 0 Å². The Balaban J connectivity index is 1.59. The quantitative estimate of drug-likeness (QED) is 0.562. The molecule has 146 valence electrons. The topological polar surface area (TPSA) is 87.5 Å². The van der Waals surface area contributed by atoms with Crippen molar-refractivity contribution >= 4 is 16.7 Å². The van der Waals surface area contributed by atoms with Crippen LogP contribution in [0.4, 0.5) is 5.82 Å². The molecule has 2 atom stereocenters. The molecule has 0 aliphatic carbocycles. The van der Waals surface area contributed by atoms with Gasteiger partial charge in [0.05, 0.1) is 5.69 Å². The van der Waals surface area contributed by atoms with E-state index in [0.717, 1.165) is 52.5 Å². The summed E-state index contributed by atoms with van der Waals surface area (Å²) in [4.78, 5) is 12.1. The third-order valence-corrected chi connectivity index (χ3v) is 6.09. The van der Waals surface area contributed by atoms with Gasteiger partial charge in [-0.3, -0.25) is 14.8 Å². The Morgan fingerprint density at radius 1 is 1.07 bits per heavy atom. The summed E-state index contributed by atoms with van der Waals surface area (Å²) >= 11 is 0. The third kappa shape index (κ3) is 2.71. The number of anilines is 1. The van der Waals surface area contributed by atoms with Crippen LogP contribution in [0.5, 0.6) is 0 Å². The van der Waals surface area contributed by atoms with Crippen molar-refractivity contribution in [3.05, 3.63) is 42.9 Å². The highest BCUT2D eigenvalue weighted by Gasteiger charge is 2.33. The van der Waals surface area contributed by atoms with Gasteiger partial charge in [0.15, 0.2) is 0 Å². The van der Waals surface area contributed by atoms with Crippen molar-refractivity contribution in [2.75, 3.05) is 18.0 Å². The van der Waals surface area contributed by atoms with Crippen molar-refractivity contribution in [1.29, 1.82) is 0 Å². The molecule has 0 aromatic carbocycles. The summed E-state index contributed by atoms with van der Waals surface area (Å²) in [6, 6.07) is 9.32. The summed E-state index contributed by atoms with van der Waals surface area (Å²) < 4.78 is 1.91. The minimum absolute atomic E-state index is 0.547. The first-order valence-electron chi connectivity index (χ1n) is 10.1. The molecule has 2 unspecified atom stereocenters. The van der Waals surface area contributed by atoms with Crippen LogP contribution >= 0.6 is 0 Å². The Labute approximate surface area is 168 Å². The summed E-state index contributed by atoms with van der Waals surface area (Å²) in [6.07, 6.45) is 7.96. The monoisotopic (exact) mass is 386 g/mol. The van der Waals surface area contributed by atoms with Gasteiger partial charge in [-0.15, -0.1) is 0 Å². The predicted molar refractivity (Wildman–Crippen MR) is 111 cm³/mol. The summed E-state index contributed by atoms with van der Waals surface area (Å²) in [5.41, 5.74) is 4.66. The van der Waals surface area contributed by atoms with Gasteiger partial charge >= 0.3 is 0 Å². The highest BCUT2D eigenvalue weighted by Crippen LogP contribution is 2.35. The molecular weight excluding hydrogens is 364 g/mol. The van der Waals surface area contributed by atoms with Crippen LogP contribution in [0.3, 0.4) is 0 Å². The average Bonchev–Trinajstić information content (AvgIpc) is 3.49. The van der Waals surface area contributed by atoms with Gasteiger partial charge in [0, 0.05) is 61.8 Å². The largest absolute Gasteiger partial charge is 0.353 e. The van der Waals surface area contributed by atoms with Crippen LogP contribution in [0, 0.1) is 0 Å². The molecule has 4 aromatic rings. The van der Waals surface area contributed by atoms with Gasteiger partial charge in [0.2, 0.25) is 0 Å². The van der Waals surface area contributed by atoms with E-state index in [9.17, 15) is 0 Å². The Morgan fingerprint density at radius 3 is 2.66 bits per heavy atom. The lowest BCUT2D eigenvalue weighted by Crippen LogP contribution is -2.51. The molecule has 8 heteroatoms. The number of hydrogen-bond acceptors (Lipinski definition) is 6. The zero-order valence-corrected chi connectivity index (χ0v) is 16.2. The lowest BCUT2D eigenvalue weighted by Gasteiger charge is -2.34. The van der Waals surface area contributed by atoms with Gasteiger partial charge < -0.3 is 10.2 Å². The van der Waals surface area contributed by atoms with Crippen LogP contribution in [0.25, 0.3) is 33.5 Å². The predicted octanol–water partition coefficient (Wildman–Crippen LogP) is 2.36. The van der Waals surface area contributed by atoms with Gasteiger partial charge in [-0.05, 0) is 37.1 Å². The van der Waals surface area contributed by atoms with Gasteiger partial charge in [0.1, 0.15) is 22.7 Å². The zero-order valence-electron chi connectivity index (χ0n) is 16.2. The first-order valence-corrected chi connectivity index (χ1v) is 10.1. The summed E-state index contributed by atoms with van der Waals surface area (Å²) in [7, 11) is 1.97. The van der Waals surface area contributed by atoms with E-state index in [0.29, 0.717) is 12.1 Å². The van der Waals surface area contributed by atoms with E-state index < -0.39 is 0 Å². The molecule has 6 rings (SSSR count). The van der Waals surface area contributed by atoms with Crippen molar-refractivity contribution in [3.8, 4) is 22.6 Å². The van der Waals surface area contributed by atoms with Crippen LogP contribution in [-0.2, 0) is 7.05 Å². The molecule has 2 fully saturated rings. The number of aromatic nitrogens is 6. The van der Waals surface area contributed by atoms with Crippen molar-refractivity contribution < 1.29 is 0 Å². The fourth-order valence-corrected chi connectivity index (χ4v) is 4.71. The normalized spacial score (nSPS) is 21.2. The highest BCUT2D eigenvalue weighted by molar-refractivity contribution is 6.01. The Hall–Kier alpha value is -3.26. The van der Waals surface area contributed by atoms with E-state index in [1.807, 2.05) is 42.5 Å². The molecule has 0 amide bonds. The van der Waals surface area contributed by atoms with E-state index >= 15 is 0 Å². The molecule has 0 radical (unpaired) electrons. The second-order valence-electron chi connectivity index (χ2n) is 7.93. The Kier molecular flexibility index (Phi) is 3.67. The number of rotatable bonds is 3. The first-order chi connectivity index (χ1) is 14.3. The lowest BCUT2D eigenvalue weighted by atomic mass is 10.0. The molecule has 2 aliphatic heterocycles. The van der Waals surface area contributed by atoms with E-state index in [2.05, 4.69) is 42.6 Å². The summed E-state index contributed by atoms with van der Waals surface area (Å²) in [5.74, 6) is 0.997. The molecule has 4 aromatic heterocycles. The maximum atomic E-state index is 5.10. The Morgan fingerprint density at radius 2 is 1.93 bits per heavy atom. The maximum absolute atomic E-state index is 5.10. The highest BCUT2D eigenvalue weighted by atomic mass is 15.3. The molecular formula is C21H22N8. The smallest absolute Gasteiger partial charge is 0.130 e. The number of fused-ring (bicyclic) bond motifs is 3. The van der Waals surface area contributed by atoms with Gasteiger partial charge in [-0.2, -0.15) is 10.2 Å². The van der Waals surface area contributed by atoms with Gasteiger partial charge in [-0.25, -0.2) is 4.98 Å². The van der Waals surface area contributed by atoms with Crippen molar-refractivity contribution in [2.45, 2.75) is 24.9 Å². The zero-order chi connectivity index (χ0) is 19.4. The second kappa shape index (κ2) is 6.38. The van der Waals surface area contributed by atoms with Crippen molar-refractivity contribution in [1.82, 2.24) is 35.3 Å². The third-order valence-electron chi connectivity index (χ3n) is 6.09. The van der Waals surface area contributed by atoms with Crippen LogP contribution < -0.4 is 10.2 Å². The number of nitrogens with zero attached hydrogens (tertiary/aromatic N) is 6. The molecule has 2 N–H and O–H groups in total. The van der Waals surface area contributed by atoms with Gasteiger partial charge in [-0.1, -0.05) is 0 Å². The van der Waals surface area contributed by atoms with E-state index in [1.165, 1.54) is 12.8 Å². The number of hydrogen-bond donors (Lipinski definition) is 2. The van der Waals surface area contributed by atoms with Crippen LogP contribution in [-0.4, -0.2) is 55.1 Å². The van der Waals surface area contributed by atoms with E-state index in [4.69, 9.17) is 4.98 Å². The molecule has 29 heavy (non-hydrogen) atoms. The molecule has 0 spiro atoms. The Bertz CT molecular complexity index is 1170. The SMILES string of the molecule is Cn1nccc1-c1cc(N2CC3CCC(C2)N3)nc2c(-c3cc[nH]n3)nccc12. The molecule has 0 saturated carbocycles. The number of piperazine rings is 1. The number of nitrogens with one attached hydrogen (secondary N) is 2. The second-order valence-corrected chi connectivity index (χ2v) is 7.93. The van der Waals surface area contributed by atoms with Crippen LogP contribution in [0.1, 0.15) is 12.8 Å². The van der Waals surface area contributed by atoms with Crippen molar-refractivity contribution in [3.63, 3.8) is 0 Å². The molecule has 6 heterocycles. The maximum Gasteiger partial charge on any atom is 0.130 e. The van der Waals surface area contributed by atoms with E-state index in [1.54, 1.807) is 0 Å². The average molecular weight is 386 g/mol. The fourth-order valence-electron chi connectivity index (χ4n) is 4.71. The molecule has 8 nitrogen and oxygen atoms in total. The number of H-pyrrole nitrogens is 1. The standard InChI is InChI=1S/C21H22N8/c1-28-18(6-9-24-28)16-10-19(29-11-13-2-3-14(12-29)25-13)26-20-15(16)4-7-22-21(20)17-5-8-23-27-17/h4-10,13-14,25H,2-3,11-12H2,1H3,(H,23,27). The number of aromatic amines is 1. The molecule has 2 aliphatic rings. The fraction of sp³-hybridized carbons (Fsp3) is 0.333. The van der Waals surface area contributed by atoms with Crippen LogP contribution in [0.15, 0.2) is 42.9 Å². The number of aryl methyl sites for hydroxylation is 1. The summed E-state index contributed by atoms with van der Waals surface area (Å²) in [5, 5.41) is 16.4. The number of pyridine rings is 2. The molecule has 2 saturated heterocycles. The molecule has 2 bridgehead atoms. The summed E-state index contributed by atoms with van der Waals surface area (Å²) in [6.45, 7) is 1.97. The van der Waals surface area contributed by atoms with E-state index in [-0.39, 0.29) is 0 Å². The first kappa shape index (κ1) is 16.7.